The van der Waals surface area contributed by atoms with Gasteiger partial charge in [-0.25, -0.2) is 4.39 Å². The van der Waals surface area contributed by atoms with Crippen LogP contribution in [-0.4, -0.2) is 7.05 Å². The molecule has 0 saturated carbocycles. The van der Waals surface area contributed by atoms with Gasteiger partial charge in [-0.1, -0.05) is 30.3 Å². The van der Waals surface area contributed by atoms with Crippen LogP contribution >= 0.6 is 0 Å². The minimum absolute atomic E-state index is 0.146. The second-order valence-corrected chi connectivity index (χ2v) is 6.04. The van der Waals surface area contributed by atoms with Gasteiger partial charge in [0.05, 0.1) is 0 Å². The molecule has 3 rings (SSSR count). The first-order valence-electron chi connectivity index (χ1n) is 7.69. The van der Waals surface area contributed by atoms with Crippen LogP contribution in [-0.2, 0) is 12.8 Å². The van der Waals surface area contributed by atoms with Gasteiger partial charge >= 0.3 is 0 Å². The third kappa shape index (κ3) is 2.86. The third-order valence-corrected chi connectivity index (χ3v) is 4.74. The molecule has 0 amide bonds. The summed E-state index contributed by atoms with van der Waals surface area (Å²) in [6, 6.07) is 14.0. The lowest BCUT2D eigenvalue weighted by molar-refractivity contribution is 0.340. The first-order chi connectivity index (χ1) is 10.2. The topological polar surface area (TPSA) is 12.0 Å². The molecular weight excluding hydrogens is 261 g/mol. The highest BCUT2D eigenvalue weighted by atomic mass is 19.1. The van der Waals surface area contributed by atoms with Crippen molar-refractivity contribution in [2.75, 3.05) is 7.05 Å². The van der Waals surface area contributed by atoms with E-state index in [4.69, 9.17) is 0 Å². The molecule has 21 heavy (non-hydrogen) atoms. The molecule has 0 fully saturated rings. The summed E-state index contributed by atoms with van der Waals surface area (Å²) in [4.78, 5) is 0. The zero-order valence-electron chi connectivity index (χ0n) is 12.7. The second-order valence-electron chi connectivity index (χ2n) is 6.04. The Morgan fingerprint density at radius 3 is 2.67 bits per heavy atom. The Balaban J connectivity index is 1.90. The van der Waals surface area contributed by atoms with Crippen molar-refractivity contribution in [3.8, 4) is 0 Å². The van der Waals surface area contributed by atoms with Crippen molar-refractivity contribution >= 4 is 0 Å². The first-order valence-corrected chi connectivity index (χ1v) is 7.69. The smallest absolute Gasteiger partial charge is 0.123 e. The Bertz CT molecular complexity index is 635. The second kappa shape index (κ2) is 5.98. The summed E-state index contributed by atoms with van der Waals surface area (Å²) >= 11 is 0. The molecule has 0 aromatic heterocycles. The fourth-order valence-corrected chi connectivity index (χ4v) is 3.60. The summed E-state index contributed by atoms with van der Waals surface area (Å²) in [5.74, 6) is 0.373. The minimum atomic E-state index is -0.146. The summed E-state index contributed by atoms with van der Waals surface area (Å²) in [5.41, 5.74) is 5.18. The number of fused-ring (bicyclic) bond motifs is 1. The number of hydrogen-bond donors (Lipinski definition) is 1. The van der Waals surface area contributed by atoms with Gasteiger partial charge in [-0.15, -0.1) is 0 Å². The van der Waals surface area contributed by atoms with Gasteiger partial charge in [-0.3, -0.25) is 0 Å². The van der Waals surface area contributed by atoms with E-state index >= 15 is 0 Å². The van der Waals surface area contributed by atoms with Crippen LogP contribution in [0.4, 0.5) is 4.39 Å². The van der Waals surface area contributed by atoms with E-state index in [-0.39, 0.29) is 11.9 Å². The molecule has 1 aliphatic carbocycles. The molecule has 1 aliphatic rings. The summed E-state index contributed by atoms with van der Waals surface area (Å²) in [6.07, 6.45) is 3.34. The van der Waals surface area contributed by atoms with E-state index in [1.807, 2.05) is 13.1 Å². The van der Waals surface area contributed by atoms with E-state index in [1.165, 1.54) is 11.1 Å². The van der Waals surface area contributed by atoms with Gasteiger partial charge in [0.2, 0.25) is 0 Å². The molecule has 1 N–H and O–H groups in total. The summed E-state index contributed by atoms with van der Waals surface area (Å²) in [5, 5.41) is 3.42. The average molecular weight is 283 g/mol. The van der Waals surface area contributed by atoms with Crippen LogP contribution in [0, 0.1) is 18.7 Å². The predicted molar refractivity (Wildman–Crippen MR) is 84.9 cm³/mol. The third-order valence-electron chi connectivity index (χ3n) is 4.74. The quantitative estimate of drug-likeness (QED) is 0.890. The number of benzene rings is 2. The monoisotopic (exact) mass is 283 g/mol. The Hall–Kier alpha value is -1.67. The number of rotatable bonds is 3. The largest absolute Gasteiger partial charge is 0.313 e. The maximum Gasteiger partial charge on any atom is 0.123 e. The van der Waals surface area contributed by atoms with Crippen molar-refractivity contribution in [2.45, 2.75) is 32.2 Å². The summed E-state index contributed by atoms with van der Waals surface area (Å²) in [7, 11) is 1.98. The molecule has 2 atom stereocenters. The van der Waals surface area contributed by atoms with Crippen LogP contribution in [0.25, 0.3) is 0 Å². The standard InChI is InChI=1S/C19H22FN/c1-13-7-10-17(20)12-18(13)19(21-2)16-9-8-14-5-3-4-6-15(14)11-16/h3-7,10,12,16,19,21H,8-9,11H2,1-2H3. The van der Waals surface area contributed by atoms with Crippen LogP contribution in [0.15, 0.2) is 42.5 Å². The lowest BCUT2D eigenvalue weighted by Crippen LogP contribution is -2.30. The van der Waals surface area contributed by atoms with E-state index in [9.17, 15) is 4.39 Å². The molecular formula is C19H22FN. The van der Waals surface area contributed by atoms with Crippen LogP contribution in [0.2, 0.25) is 0 Å². The Morgan fingerprint density at radius 1 is 1.14 bits per heavy atom. The van der Waals surface area contributed by atoms with Crippen molar-refractivity contribution in [1.82, 2.24) is 5.32 Å². The van der Waals surface area contributed by atoms with Crippen LogP contribution < -0.4 is 5.32 Å². The fraction of sp³-hybridized carbons (Fsp3) is 0.368. The van der Waals surface area contributed by atoms with E-state index < -0.39 is 0 Å². The average Bonchev–Trinajstić information content (AvgIpc) is 2.51. The maximum absolute atomic E-state index is 13.6. The van der Waals surface area contributed by atoms with Gasteiger partial charge in [-0.05, 0) is 73.5 Å². The van der Waals surface area contributed by atoms with Crippen molar-refractivity contribution in [2.24, 2.45) is 5.92 Å². The van der Waals surface area contributed by atoms with Gasteiger partial charge in [0.15, 0.2) is 0 Å². The summed E-state index contributed by atoms with van der Waals surface area (Å²) in [6.45, 7) is 2.07. The molecule has 2 unspecified atom stereocenters. The van der Waals surface area contributed by atoms with Crippen molar-refractivity contribution in [1.29, 1.82) is 0 Å². The SMILES string of the molecule is CNC(c1cc(F)ccc1C)C1CCc2ccccc2C1. The molecule has 1 nitrogen and oxygen atoms in total. The molecule has 0 aliphatic heterocycles. The Kier molecular flexibility index (Phi) is 4.07. The van der Waals surface area contributed by atoms with Gasteiger partial charge in [0, 0.05) is 6.04 Å². The summed E-state index contributed by atoms with van der Waals surface area (Å²) < 4.78 is 13.6. The highest BCUT2D eigenvalue weighted by Crippen LogP contribution is 2.35. The fourth-order valence-electron chi connectivity index (χ4n) is 3.60. The molecule has 2 aromatic rings. The van der Waals surface area contributed by atoms with Gasteiger partial charge < -0.3 is 5.32 Å². The van der Waals surface area contributed by atoms with Gasteiger partial charge in [0.1, 0.15) is 5.82 Å². The van der Waals surface area contributed by atoms with E-state index in [0.29, 0.717) is 5.92 Å². The van der Waals surface area contributed by atoms with Crippen LogP contribution in [0.3, 0.4) is 0 Å². The van der Waals surface area contributed by atoms with Crippen molar-refractivity contribution in [3.05, 3.63) is 70.5 Å². The number of hydrogen-bond acceptors (Lipinski definition) is 1. The maximum atomic E-state index is 13.6. The predicted octanol–water partition coefficient (Wildman–Crippen LogP) is 4.20. The molecule has 0 bridgehead atoms. The molecule has 0 saturated heterocycles. The normalized spacial score (nSPS) is 19.1. The number of aryl methyl sites for hydroxylation is 2. The zero-order valence-corrected chi connectivity index (χ0v) is 12.7. The Morgan fingerprint density at radius 2 is 1.90 bits per heavy atom. The van der Waals surface area contributed by atoms with E-state index in [1.54, 1.807) is 12.1 Å². The van der Waals surface area contributed by atoms with E-state index in [0.717, 1.165) is 30.4 Å². The first kappa shape index (κ1) is 14.3. The lowest BCUT2D eigenvalue weighted by atomic mass is 9.77. The molecule has 0 heterocycles. The number of nitrogens with one attached hydrogen (secondary N) is 1. The van der Waals surface area contributed by atoms with Crippen molar-refractivity contribution in [3.63, 3.8) is 0 Å². The minimum Gasteiger partial charge on any atom is -0.313 e. The molecule has 2 heteroatoms. The number of halogens is 1. The zero-order chi connectivity index (χ0) is 14.8. The molecule has 2 aromatic carbocycles. The molecule has 110 valence electrons. The molecule has 0 radical (unpaired) electrons. The van der Waals surface area contributed by atoms with Gasteiger partial charge in [0.25, 0.3) is 0 Å². The highest BCUT2D eigenvalue weighted by molar-refractivity contribution is 5.34. The highest BCUT2D eigenvalue weighted by Gasteiger charge is 2.27. The van der Waals surface area contributed by atoms with E-state index in [2.05, 4.69) is 36.5 Å². The Labute approximate surface area is 126 Å². The van der Waals surface area contributed by atoms with Crippen molar-refractivity contribution < 1.29 is 4.39 Å². The van der Waals surface area contributed by atoms with Gasteiger partial charge in [-0.2, -0.15) is 0 Å². The molecule has 0 spiro atoms. The van der Waals surface area contributed by atoms with Crippen LogP contribution in [0.5, 0.6) is 0 Å². The van der Waals surface area contributed by atoms with Crippen LogP contribution in [0.1, 0.15) is 34.7 Å². The lowest BCUT2D eigenvalue weighted by Gasteiger charge is -2.32.